The van der Waals surface area contributed by atoms with Crippen molar-refractivity contribution in [2.45, 2.75) is 32.1 Å². The molecule has 0 spiro atoms. The van der Waals surface area contributed by atoms with Crippen molar-refractivity contribution < 1.29 is 17.6 Å². The summed E-state index contributed by atoms with van der Waals surface area (Å²) in [5.41, 5.74) is 2.20. The quantitative estimate of drug-likeness (QED) is 0.241. The van der Waals surface area contributed by atoms with Crippen LogP contribution in [0.4, 0.5) is 23.2 Å². The summed E-state index contributed by atoms with van der Waals surface area (Å²) in [6.45, 7) is 3.53. The van der Waals surface area contributed by atoms with Crippen molar-refractivity contribution in [3.63, 3.8) is 0 Å². The molecule has 2 aromatic carbocycles. The minimum atomic E-state index is -4.52. The molecule has 184 valence electrons. The van der Waals surface area contributed by atoms with Gasteiger partial charge in [-0.25, -0.2) is 4.39 Å². The fourth-order valence-corrected chi connectivity index (χ4v) is 5.28. The molecule has 1 N–H and O–H groups in total. The molecular formula is C27H22F4N4S. The van der Waals surface area contributed by atoms with Crippen LogP contribution in [0.15, 0.2) is 79.0 Å². The van der Waals surface area contributed by atoms with Gasteiger partial charge >= 0.3 is 6.18 Å². The Labute approximate surface area is 211 Å². The van der Waals surface area contributed by atoms with Crippen LogP contribution in [0.3, 0.4) is 0 Å². The Balaban J connectivity index is 1.72. The second-order valence-electron chi connectivity index (χ2n) is 8.62. The number of thiocarbonyl (C=S) groups is 1. The fourth-order valence-electron chi connectivity index (χ4n) is 4.94. The molecule has 4 nitrogen and oxygen atoms in total. The van der Waals surface area contributed by atoms with Crippen LogP contribution in [0.25, 0.3) is 5.69 Å². The third kappa shape index (κ3) is 4.03. The molecule has 0 amide bonds. The minimum absolute atomic E-state index is 0.0339. The van der Waals surface area contributed by atoms with E-state index < -0.39 is 29.6 Å². The molecule has 1 aliphatic rings. The number of rotatable bonds is 4. The van der Waals surface area contributed by atoms with Crippen LogP contribution in [-0.2, 0) is 6.18 Å². The van der Waals surface area contributed by atoms with Crippen molar-refractivity contribution in [1.29, 1.82) is 0 Å². The summed E-state index contributed by atoms with van der Waals surface area (Å²) in [5.74, 6) is -0.454. The molecule has 2 aromatic heterocycles. The number of halogens is 4. The average molecular weight is 511 g/mol. The van der Waals surface area contributed by atoms with Crippen LogP contribution in [0.1, 0.15) is 40.3 Å². The maximum atomic E-state index is 15.0. The van der Waals surface area contributed by atoms with Crippen LogP contribution in [0.2, 0.25) is 0 Å². The predicted molar refractivity (Wildman–Crippen MR) is 135 cm³/mol. The Kier molecular flexibility index (Phi) is 6.04. The number of para-hydroxylation sites is 2. The Morgan fingerprint density at radius 2 is 1.58 bits per heavy atom. The standard InChI is InChI=1S/C27H22F4N4S/c1-16-15-18(17(2)34(16)22-12-5-3-9-19(22)27(29,30)31)25-24(21-11-7-8-14-32-21)33-26(36)35(25)23-13-6-4-10-20(23)28/h3-15,24-25H,1-2H3,(H,33,36)/t24-,25-/m1/s1. The highest BCUT2D eigenvalue weighted by Gasteiger charge is 2.43. The average Bonchev–Trinajstić information content (AvgIpc) is 3.34. The van der Waals surface area contributed by atoms with Crippen molar-refractivity contribution in [1.82, 2.24) is 14.9 Å². The van der Waals surface area contributed by atoms with E-state index in [1.807, 2.05) is 18.2 Å². The monoisotopic (exact) mass is 510 g/mol. The van der Waals surface area contributed by atoms with E-state index in [9.17, 15) is 17.6 Å². The van der Waals surface area contributed by atoms with Crippen molar-refractivity contribution in [2.75, 3.05) is 4.90 Å². The van der Waals surface area contributed by atoms with Gasteiger partial charge < -0.3 is 14.8 Å². The number of aromatic nitrogens is 2. The normalized spacial score (nSPS) is 17.9. The lowest BCUT2D eigenvalue weighted by atomic mass is 9.96. The molecule has 0 radical (unpaired) electrons. The Morgan fingerprint density at radius 1 is 0.917 bits per heavy atom. The minimum Gasteiger partial charge on any atom is -0.351 e. The maximum absolute atomic E-state index is 15.0. The third-order valence-electron chi connectivity index (χ3n) is 6.45. The highest BCUT2D eigenvalue weighted by molar-refractivity contribution is 7.80. The van der Waals surface area contributed by atoms with E-state index in [2.05, 4.69) is 10.3 Å². The molecule has 0 unspecified atom stereocenters. The lowest BCUT2D eigenvalue weighted by Crippen LogP contribution is -2.30. The highest BCUT2D eigenvalue weighted by Crippen LogP contribution is 2.45. The van der Waals surface area contributed by atoms with E-state index in [1.54, 1.807) is 59.8 Å². The number of aryl methyl sites for hydroxylation is 1. The van der Waals surface area contributed by atoms with Gasteiger partial charge in [0.25, 0.3) is 0 Å². The van der Waals surface area contributed by atoms with Gasteiger partial charge in [0.1, 0.15) is 5.82 Å². The molecule has 4 aromatic rings. The number of benzene rings is 2. The highest BCUT2D eigenvalue weighted by atomic mass is 32.1. The molecular weight excluding hydrogens is 488 g/mol. The zero-order chi connectivity index (χ0) is 25.6. The smallest absolute Gasteiger partial charge is 0.351 e. The van der Waals surface area contributed by atoms with E-state index in [4.69, 9.17) is 12.2 Å². The van der Waals surface area contributed by atoms with Crippen molar-refractivity contribution >= 4 is 23.0 Å². The second-order valence-corrected chi connectivity index (χ2v) is 9.01. The van der Waals surface area contributed by atoms with E-state index in [-0.39, 0.29) is 11.4 Å². The van der Waals surface area contributed by atoms with Gasteiger partial charge in [0.2, 0.25) is 0 Å². The fraction of sp³-hybridized carbons (Fsp3) is 0.185. The third-order valence-corrected chi connectivity index (χ3v) is 6.76. The molecule has 0 saturated carbocycles. The molecule has 1 saturated heterocycles. The molecule has 5 rings (SSSR count). The summed E-state index contributed by atoms with van der Waals surface area (Å²) >= 11 is 5.65. The first-order valence-corrected chi connectivity index (χ1v) is 11.7. The first kappa shape index (κ1) is 24.0. The van der Waals surface area contributed by atoms with Crippen LogP contribution < -0.4 is 10.2 Å². The van der Waals surface area contributed by atoms with Crippen molar-refractivity contribution in [2.24, 2.45) is 0 Å². The second kappa shape index (κ2) is 9.05. The van der Waals surface area contributed by atoms with Crippen LogP contribution >= 0.6 is 12.2 Å². The Morgan fingerprint density at radius 3 is 2.25 bits per heavy atom. The number of anilines is 1. The first-order valence-electron chi connectivity index (χ1n) is 11.3. The van der Waals surface area contributed by atoms with Gasteiger partial charge in [0, 0.05) is 17.6 Å². The molecule has 3 heterocycles. The summed E-state index contributed by atoms with van der Waals surface area (Å²) in [7, 11) is 0. The molecule has 1 aliphatic heterocycles. The lowest BCUT2D eigenvalue weighted by molar-refractivity contribution is -0.137. The SMILES string of the molecule is Cc1cc([C@@H]2[C@@H](c3ccccn3)NC(=S)N2c2ccccc2F)c(C)n1-c1ccccc1C(F)(F)F. The lowest BCUT2D eigenvalue weighted by Gasteiger charge is -2.28. The number of pyridine rings is 1. The maximum Gasteiger partial charge on any atom is 0.418 e. The number of hydrogen-bond donors (Lipinski definition) is 1. The van der Waals surface area contributed by atoms with Gasteiger partial charge in [-0.15, -0.1) is 0 Å². The summed E-state index contributed by atoms with van der Waals surface area (Å²) < 4.78 is 58.2. The van der Waals surface area contributed by atoms with E-state index >= 15 is 0 Å². The van der Waals surface area contributed by atoms with Crippen LogP contribution in [0.5, 0.6) is 0 Å². The Hall–Kier alpha value is -3.72. The van der Waals surface area contributed by atoms with Gasteiger partial charge in [0.15, 0.2) is 5.11 Å². The molecule has 0 bridgehead atoms. The summed E-state index contributed by atoms with van der Waals surface area (Å²) in [6.07, 6.45) is -2.86. The van der Waals surface area contributed by atoms with E-state index in [0.717, 1.165) is 11.6 Å². The van der Waals surface area contributed by atoms with Gasteiger partial charge in [-0.3, -0.25) is 4.98 Å². The van der Waals surface area contributed by atoms with E-state index in [0.29, 0.717) is 22.2 Å². The van der Waals surface area contributed by atoms with Gasteiger partial charge in [0.05, 0.1) is 34.7 Å². The number of nitrogens with one attached hydrogen (secondary N) is 1. The van der Waals surface area contributed by atoms with Crippen LogP contribution in [-0.4, -0.2) is 14.7 Å². The Bertz CT molecular complexity index is 1430. The molecule has 1 fully saturated rings. The van der Waals surface area contributed by atoms with E-state index in [1.165, 1.54) is 18.2 Å². The summed E-state index contributed by atoms with van der Waals surface area (Å²) in [6, 6.07) is 18.1. The number of alkyl halides is 3. The van der Waals surface area contributed by atoms with Gasteiger partial charge in [-0.05, 0) is 74.1 Å². The van der Waals surface area contributed by atoms with Crippen molar-refractivity contribution in [3.8, 4) is 5.69 Å². The van der Waals surface area contributed by atoms with Gasteiger partial charge in [-0.2, -0.15) is 13.2 Å². The molecule has 0 aliphatic carbocycles. The zero-order valence-corrected chi connectivity index (χ0v) is 20.2. The molecule has 2 atom stereocenters. The molecule has 36 heavy (non-hydrogen) atoms. The van der Waals surface area contributed by atoms with Gasteiger partial charge in [-0.1, -0.05) is 30.3 Å². The molecule has 9 heteroatoms. The number of nitrogens with zero attached hydrogens (tertiary/aromatic N) is 3. The van der Waals surface area contributed by atoms with Crippen LogP contribution in [0, 0.1) is 19.7 Å². The largest absolute Gasteiger partial charge is 0.418 e. The van der Waals surface area contributed by atoms with Crippen molar-refractivity contribution in [3.05, 3.63) is 113 Å². The summed E-state index contributed by atoms with van der Waals surface area (Å²) in [5, 5.41) is 3.57. The zero-order valence-electron chi connectivity index (χ0n) is 19.4. The first-order chi connectivity index (χ1) is 17.2. The topological polar surface area (TPSA) is 33.1 Å². The predicted octanol–water partition coefficient (Wildman–Crippen LogP) is 6.82. The number of hydrogen-bond acceptors (Lipinski definition) is 2. The summed E-state index contributed by atoms with van der Waals surface area (Å²) in [4.78, 5) is 6.17.